The zero-order valence-electron chi connectivity index (χ0n) is 16.8. The van der Waals surface area contributed by atoms with Crippen LogP contribution in [0, 0.1) is 11.8 Å². The molecule has 6 heteroatoms. The molecule has 0 amide bonds. The van der Waals surface area contributed by atoms with Crippen molar-refractivity contribution in [2.24, 2.45) is 0 Å². The molecule has 158 valence electrons. The van der Waals surface area contributed by atoms with Crippen molar-refractivity contribution in [3.05, 3.63) is 48.0 Å². The summed E-state index contributed by atoms with van der Waals surface area (Å²) in [5.41, 5.74) is 1.42. The Morgan fingerprint density at radius 1 is 0.897 bits per heavy atom. The van der Waals surface area contributed by atoms with Gasteiger partial charge in [0, 0.05) is 50.3 Å². The van der Waals surface area contributed by atoms with E-state index in [0.717, 1.165) is 39.1 Å². The van der Waals surface area contributed by atoms with Crippen molar-refractivity contribution in [2.45, 2.75) is 12.5 Å². The van der Waals surface area contributed by atoms with E-state index < -0.39 is 0 Å². The van der Waals surface area contributed by atoms with Crippen LogP contribution in [-0.2, 0) is 6.42 Å². The second-order valence-electron chi connectivity index (χ2n) is 7.51. The smallest absolute Gasteiger partial charge is 0.0603 e. The van der Waals surface area contributed by atoms with Crippen LogP contribution in [0.25, 0.3) is 10.8 Å². The highest BCUT2D eigenvalue weighted by Gasteiger charge is 2.18. The molecule has 0 radical (unpaired) electrons. The summed E-state index contributed by atoms with van der Waals surface area (Å²) in [6, 6.07) is 16.0. The van der Waals surface area contributed by atoms with Crippen LogP contribution in [0.2, 0.25) is 0 Å². The first-order chi connectivity index (χ1) is 13.4. The van der Waals surface area contributed by atoms with E-state index in [1.54, 1.807) is 0 Å². The van der Waals surface area contributed by atoms with Crippen molar-refractivity contribution in [1.29, 1.82) is 0 Å². The third-order valence-electron chi connectivity index (χ3n) is 5.47. The summed E-state index contributed by atoms with van der Waals surface area (Å²) in [5.74, 6) is 9.32. The van der Waals surface area contributed by atoms with Gasteiger partial charge in [0.15, 0.2) is 0 Å². The van der Waals surface area contributed by atoms with E-state index in [1.165, 1.54) is 40.9 Å². The lowest BCUT2D eigenvalue weighted by Gasteiger charge is -2.32. The highest BCUT2D eigenvalue weighted by Crippen LogP contribution is 2.17. The topological polar surface area (TPSA) is 18.5 Å². The number of nitrogens with zero attached hydrogens (tertiary/aromatic N) is 2. The van der Waals surface area contributed by atoms with Crippen molar-refractivity contribution < 1.29 is 0 Å². The fourth-order valence-corrected chi connectivity index (χ4v) is 4.90. The van der Waals surface area contributed by atoms with Gasteiger partial charge >= 0.3 is 0 Å². The fourth-order valence-electron chi connectivity index (χ4n) is 3.92. The maximum absolute atomic E-state index is 3.69. The molecular weight excluding hydrogens is 421 g/mol. The molecule has 2 aromatic carbocycles. The van der Waals surface area contributed by atoms with E-state index in [4.69, 9.17) is 0 Å². The number of halogens is 2. The van der Waals surface area contributed by atoms with Crippen molar-refractivity contribution in [1.82, 2.24) is 15.1 Å². The minimum atomic E-state index is 0. The maximum atomic E-state index is 3.69. The average Bonchev–Trinajstić information content (AvgIpc) is 2.72. The number of piperazine rings is 1. The highest BCUT2D eigenvalue weighted by atomic mass is 35.5. The van der Waals surface area contributed by atoms with Gasteiger partial charge in [0.05, 0.1) is 13.1 Å². The second kappa shape index (κ2) is 12.7. The molecule has 2 aromatic rings. The Morgan fingerprint density at radius 2 is 1.62 bits per heavy atom. The summed E-state index contributed by atoms with van der Waals surface area (Å²) in [4.78, 5) is 4.98. The highest BCUT2D eigenvalue weighted by molar-refractivity contribution is 7.99. The quantitative estimate of drug-likeness (QED) is 0.715. The number of nitrogens with one attached hydrogen (secondary N) is 1. The minimum absolute atomic E-state index is 0. The van der Waals surface area contributed by atoms with Crippen LogP contribution in [0.5, 0.6) is 0 Å². The van der Waals surface area contributed by atoms with Gasteiger partial charge in [-0.25, -0.2) is 0 Å². The molecule has 0 aromatic heterocycles. The van der Waals surface area contributed by atoms with Crippen LogP contribution in [0.4, 0.5) is 0 Å². The van der Waals surface area contributed by atoms with Gasteiger partial charge in [-0.05, 0) is 22.8 Å². The summed E-state index contributed by atoms with van der Waals surface area (Å²) in [6.45, 7) is 7.47. The Kier molecular flexibility index (Phi) is 10.7. The lowest BCUT2D eigenvalue weighted by molar-refractivity contribution is 0.220. The summed E-state index contributed by atoms with van der Waals surface area (Å²) in [6.07, 6.45) is 1.08. The van der Waals surface area contributed by atoms with Crippen LogP contribution < -0.4 is 5.32 Å². The van der Waals surface area contributed by atoms with Crippen LogP contribution in [-0.4, -0.2) is 73.2 Å². The predicted molar refractivity (Wildman–Crippen MR) is 132 cm³/mol. The molecule has 1 unspecified atom stereocenters. The average molecular weight is 452 g/mol. The van der Waals surface area contributed by atoms with Gasteiger partial charge in [0.2, 0.25) is 0 Å². The minimum Gasteiger partial charge on any atom is -0.311 e. The molecule has 0 spiro atoms. The summed E-state index contributed by atoms with van der Waals surface area (Å²) in [5, 5.41) is 6.35. The van der Waals surface area contributed by atoms with E-state index in [1.807, 2.05) is 0 Å². The third kappa shape index (κ3) is 7.36. The molecule has 2 fully saturated rings. The molecule has 3 nitrogen and oxygen atoms in total. The largest absolute Gasteiger partial charge is 0.311 e. The molecule has 0 aliphatic carbocycles. The predicted octanol–water partition coefficient (Wildman–Crippen LogP) is 3.55. The van der Waals surface area contributed by atoms with Crippen LogP contribution in [0.1, 0.15) is 5.56 Å². The van der Waals surface area contributed by atoms with Gasteiger partial charge in [0.1, 0.15) is 0 Å². The molecule has 2 aliphatic heterocycles. The Bertz CT molecular complexity index is 814. The summed E-state index contributed by atoms with van der Waals surface area (Å²) >= 11 is 2.06. The monoisotopic (exact) mass is 451 g/mol. The van der Waals surface area contributed by atoms with Gasteiger partial charge in [-0.3, -0.25) is 9.80 Å². The standard InChI is InChI=1S/C23H29N3S.2ClH/c1-2-6-22-17-20(7-8-21(22)5-1)18-23-19-26(12-9-24-23)11-4-3-10-25-13-15-27-16-14-25;;/h1-2,5-8,17,23-24H,9-16,18-19H2;2*1H. The number of hydrogen-bond acceptors (Lipinski definition) is 4. The molecule has 1 atom stereocenters. The van der Waals surface area contributed by atoms with Crippen LogP contribution >= 0.6 is 36.6 Å². The first kappa shape index (κ1) is 24.3. The Balaban J connectivity index is 0.00000150. The number of hydrogen-bond donors (Lipinski definition) is 1. The lowest BCUT2D eigenvalue weighted by atomic mass is 10.0. The van der Waals surface area contributed by atoms with Gasteiger partial charge < -0.3 is 5.32 Å². The lowest BCUT2D eigenvalue weighted by Crippen LogP contribution is -2.51. The van der Waals surface area contributed by atoms with Crippen molar-refractivity contribution in [2.75, 3.05) is 57.3 Å². The van der Waals surface area contributed by atoms with Gasteiger partial charge in [0.25, 0.3) is 0 Å². The van der Waals surface area contributed by atoms with E-state index in [2.05, 4.69) is 81.2 Å². The molecule has 2 aliphatic rings. The van der Waals surface area contributed by atoms with Gasteiger partial charge in [-0.2, -0.15) is 11.8 Å². The summed E-state index contributed by atoms with van der Waals surface area (Å²) < 4.78 is 0. The second-order valence-corrected chi connectivity index (χ2v) is 8.74. The molecule has 1 N–H and O–H groups in total. The van der Waals surface area contributed by atoms with E-state index in [-0.39, 0.29) is 24.8 Å². The SMILES string of the molecule is C(#CCN1CCNC(Cc2ccc3ccccc3c2)C1)CN1CCSCC1.Cl.Cl. The fraction of sp³-hybridized carbons (Fsp3) is 0.478. The first-order valence-corrected chi connectivity index (χ1v) is 11.2. The molecule has 4 rings (SSSR count). The Morgan fingerprint density at radius 3 is 2.41 bits per heavy atom. The third-order valence-corrected chi connectivity index (χ3v) is 6.41. The normalized spacial score (nSPS) is 20.2. The number of rotatable bonds is 4. The van der Waals surface area contributed by atoms with E-state index >= 15 is 0 Å². The van der Waals surface area contributed by atoms with E-state index in [0.29, 0.717) is 6.04 Å². The molecule has 0 saturated carbocycles. The van der Waals surface area contributed by atoms with Crippen LogP contribution in [0.3, 0.4) is 0 Å². The Hall–Kier alpha value is -0.930. The molecule has 0 bridgehead atoms. The van der Waals surface area contributed by atoms with E-state index in [9.17, 15) is 0 Å². The number of thioether (sulfide) groups is 1. The van der Waals surface area contributed by atoms with Crippen molar-refractivity contribution >= 4 is 47.3 Å². The number of benzene rings is 2. The zero-order valence-corrected chi connectivity index (χ0v) is 19.3. The molecule has 29 heavy (non-hydrogen) atoms. The first-order valence-electron chi connectivity index (χ1n) is 10.1. The number of fused-ring (bicyclic) bond motifs is 1. The molecule has 2 heterocycles. The van der Waals surface area contributed by atoms with Gasteiger partial charge in [-0.15, -0.1) is 24.8 Å². The summed E-state index contributed by atoms with van der Waals surface area (Å²) in [7, 11) is 0. The van der Waals surface area contributed by atoms with Crippen molar-refractivity contribution in [3.63, 3.8) is 0 Å². The van der Waals surface area contributed by atoms with Crippen LogP contribution in [0.15, 0.2) is 42.5 Å². The molecule has 2 saturated heterocycles. The van der Waals surface area contributed by atoms with Gasteiger partial charge in [-0.1, -0.05) is 54.3 Å². The Labute approximate surface area is 191 Å². The van der Waals surface area contributed by atoms with Crippen molar-refractivity contribution in [3.8, 4) is 11.8 Å². The zero-order chi connectivity index (χ0) is 18.3. The molecular formula is C23H31Cl2N3S. The maximum Gasteiger partial charge on any atom is 0.0603 e.